The molecule has 3 rings (SSSR count). The Morgan fingerprint density at radius 2 is 1.81 bits per heavy atom. The highest BCUT2D eigenvalue weighted by atomic mass is 35.5. The molecule has 5 nitrogen and oxygen atoms in total. The summed E-state index contributed by atoms with van der Waals surface area (Å²) >= 11 is 6.09. The van der Waals surface area contributed by atoms with Crippen LogP contribution in [0.1, 0.15) is 48.9 Å². The van der Waals surface area contributed by atoms with Crippen LogP contribution >= 0.6 is 11.6 Å². The zero-order chi connectivity index (χ0) is 22.7. The highest BCUT2D eigenvalue weighted by Crippen LogP contribution is 2.40. The van der Waals surface area contributed by atoms with Gasteiger partial charge in [0.2, 0.25) is 0 Å². The third-order valence-corrected chi connectivity index (χ3v) is 5.80. The van der Waals surface area contributed by atoms with E-state index in [0.29, 0.717) is 23.0 Å². The number of hydrogen-bond acceptors (Lipinski definition) is 4. The van der Waals surface area contributed by atoms with Crippen LogP contribution in [0.2, 0.25) is 5.02 Å². The highest BCUT2D eigenvalue weighted by Gasteiger charge is 2.45. The molecule has 0 aromatic heterocycles. The Bertz CT molecular complexity index is 996. The van der Waals surface area contributed by atoms with E-state index in [2.05, 4.69) is 13.8 Å². The lowest BCUT2D eigenvalue weighted by atomic mass is 9.93. The summed E-state index contributed by atoms with van der Waals surface area (Å²) in [5.41, 5.74) is 2.50. The van der Waals surface area contributed by atoms with Crippen LogP contribution in [0.3, 0.4) is 0 Å². The number of carbonyl (C=O) groups excluding carboxylic acids is 2. The van der Waals surface area contributed by atoms with Gasteiger partial charge in [0.1, 0.15) is 5.76 Å². The van der Waals surface area contributed by atoms with Crippen molar-refractivity contribution < 1.29 is 14.7 Å². The Hall–Kier alpha value is -2.63. The topological polar surface area (TPSA) is 60.9 Å². The van der Waals surface area contributed by atoms with E-state index in [0.717, 1.165) is 18.5 Å². The van der Waals surface area contributed by atoms with E-state index >= 15 is 0 Å². The van der Waals surface area contributed by atoms with Crippen LogP contribution in [0.4, 0.5) is 0 Å². The first-order valence-corrected chi connectivity index (χ1v) is 10.9. The number of likely N-dealkylation sites (tertiary alicyclic amines) is 1. The fraction of sp³-hybridized carbons (Fsp3) is 0.360. The molecule has 6 heteroatoms. The summed E-state index contributed by atoms with van der Waals surface area (Å²) in [6, 6.07) is 13.9. The van der Waals surface area contributed by atoms with Crippen LogP contribution in [0, 0.1) is 0 Å². The largest absolute Gasteiger partial charge is 0.507 e. The molecule has 0 radical (unpaired) electrons. The first-order valence-electron chi connectivity index (χ1n) is 10.5. The van der Waals surface area contributed by atoms with E-state index in [9.17, 15) is 14.7 Å². The molecule has 1 N–H and O–H groups in total. The molecule has 1 heterocycles. The Kier molecular flexibility index (Phi) is 7.19. The standard InChI is InChI=1S/C25H29ClN2O3/c1-16(2)17-9-11-18(12-10-17)22-21(23(29)19-7-5-8-20(26)15-19)24(30)25(31)28(22)14-6-13-27(3)4/h5,7-12,15-16,22,29H,6,13-14H2,1-4H3/b23-21-. The number of halogens is 1. The lowest BCUT2D eigenvalue weighted by Gasteiger charge is -2.26. The number of carbonyl (C=O) groups is 2. The minimum atomic E-state index is -0.666. The van der Waals surface area contributed by atoms with Crippen LogP contribution in [-0.4, -0.2) is 53.8 Å². The number of nitrogens with zero attached hydrogens (tertiary/aromatic N) is 2. The summed E-state index contributed by atoms with van der Waals surface area (Å²) in [7, 11) is 3.94. The molecule has 1 unspecified atom stereocenters. The fourth-order valence-corrected chi connectivity index (χ4v) is 4.06. The van der Waals surface area contributed by atoms with E-state index in [1.54, 1.807) is 29.2 Å². The van der Waals surface area contributed by atoms with Gasteiger partial charge in [-0.25, -0.2) is 0 Å². The van der Waals surface area contributed by atoms with Gasteiger partial charge < -0.3 is 14.9 Å². The van der Waals surface area contributed by atoms with Gasteiger partial charge in [-0.2, -0.15) is 0 Å². The Morgan fingerprint density at radius 1 is 1.13 bits per heavy atom. The maximum absolute atomic E-state index is 13.0. The summed E-state index contributed by atoms with van der Waals surface area (Å²) in [5, 5.41) is 11.5. The van der Waals surface area contributed by atoms with Crippen LogP contribution < -0.4 is 0 Å². The number of aliphatic hydroxyl groups is 1. The predicted octanol–water partition coefficient (Wildman–Crippen LogP) is 4.84. The maximum Gasteiger partial charge on any atom is 0.295 e. The second-order valence-corrected chi connectivity index (χ2v) is 8.92. The molecule has 1 atom stereocenters. The van der Waals surface area contributed by atoms with E-state index in [1.165, 1.54) is 5.56 Å². The van der Waals surface area contributed by atoms with E-state index in [4.69, 9.17) is 11.6 Å². The molecule has 1 aliphatic heterocycles. The number of hydrogen-bond donors (Lipinski definition) is 1. The molecule has 31 heavy (non-hydrogen) atoms. The quantitative estimate of drug-likeness (QED) is 0.380. The molecular weight excluding hydrogens is 412 g/mol. The van der Waals surface area contributed by atoms with Crippen LogP contribution in [0.25, 0.3) is 5.76 Å². The zero-order valence-corrected chi connectivity index (χ0v) is 19.2. The molecule has 2 aromatic rings. The lowest BCUT2D eigenvalue weighted by molar-refractivity contribution is -0.139. The number of rotatable bonds is 7. The SMILES string of the molecule is CC(C)c1ccc(C2/C(=C(/O)c3cccc(Cl)c3)C(=O)C(=O)N2CCCN(C)C)cc1. The number of Topliss-reactive ketones (excluding diaryl/α,β-unsaturated/α-hetero) is 1. The lowest BCUT2D eigenvalue weighted by Crippen LogP contribution is -2.32. The van der Waals surface area contributed by atoms with Gasteiger partial charge in [0, 0.05) is 17.1 Å². The molecule has 1 aliphatic rings. The first kappa shape index (κ1) is 23.0. The van der Waals surface area contributed by atoms with Crippen molar-refractivity contribution in [2.75, 3.05) is 27.2 Å². The van der Waals surface area contributed by atoms with Crippen molar-refractivity contribution in [1.82, 2.24) is 9.80 Å². The average molecular weight is 441 g/mol. The van der Waals surface area contributed by atoms with Gasteiger partial charge >= 0.3 is 0 Å². The third kappa shape index (κ3) is 5.00. The summed E-state index contributed by atoms with van der Waals surface area (Å²) in [4.78, 5) is 29.6. The van der Waals surface area contributed by atoms with Crippen molar-refractivity contribution in [3.05, 3.63) is 75.8 Å². The molecule has 0 saturated carbocycles. The van der Waals surface area contributed by atoms with E-state index in [1.807, 2.05) is 43.3 Å². The van der Waals surface area contributed by atoms with Gasteiger partial charge in [-0.1, -0.05) is 61.8 Å². The zero-order valence-electron chi connectivity index (χ0n) is 18.4. The molecule has 0 spiro atoms. The van der Waals surface area contributed by atoms with Crippen molar-refractivity contribution in [3.8, 4) is 0 Å². The molecule has 1 fully saturated rings. The van der Waals surface area contributed by atoms with Crippen LogP contribution in [0.5, 0.6) is 0 Å². The fourth-order valence-electron chi connectivity index (χ4n) is 3.87. The Morgan fingerprint density at radius 3 is 2.39 bits per heavy atom. The summed E-state index contributed by atoms with van der Waals surface area (Å²) in [6.45, 7) is 5.44. The van der Waals surface area contributed by atoms with Crippen molar-refractivity contribution in [2.45, 2.75) is 32.2 Å². The third-order valence-electron chi connectivity index (χ3n) is 5.56. The molecule has 2 aromatic carbocycles. The molecule has 1 saturated heterocycles. The van der Waals surface area contributed by atoms with Gasteiger partial charge in [-0.15, -0.1) is 0 Å². The van der Waals surface area contributed by atoms with Gasteiger partial charge in [0.15, 0.2) is 0 Å². The van der Waals surface area contributed by atoms with Gasteiger partial charge in [0.05, 0.1) is 11.6 Å². The maximum atomic E-state index is 13.0. The second-order valence-electron chi connectivity index (χ2n) is 8.48. The smallest absolute Gasteiger partial charge is 0.295 e. The van der Waals surface area contributed by atoms with Crippen molar-refractivity contribution in [3.63, 3.8) is 0 Å². The summed E-state index contributed by atoms with van der Waals surface area (Å²) in [5.74, 6) is -1.08. The first-order chi connectivity index (χ1) is 14.7. The van der Waals surface area contributed by atoms with Crippen molar-refractivity contribution >= 4 is 29.1 Å². The average Bonchev–Trinajstić information content (AvgIpc) is 2.98. The number of benzene rings is 2. The molecule has 1 amide bonds. The molecule has 0 bridgehead atoms. The van der Waals surface area contributed by atoms with Crippen molar-refractivity contribution in [1.29, 1.82) is 0 Å². The summed E-state index contributed by atoms with van der Waals surface area (Å²) in [6.07, 6.45) is 0.720. The number of amides is 1. The Labute approximate surface area is 188 Å². The summed E-state index contributed by atoms with van der Waals surface area (Å²) < 4.78 is 0. The second kappa shape index (κ2) is 9.67. The van der Waals surface area contributed by atoms with Gasteiger partial charge in [-0.05, 0) is 56.2 Å². The van der Waals surface area contributed by atoms with Crippen molar-refractivity contribution in [2.24, 2.45) is 0 Å². The van der Waals surface area contributed by atoms with Crippen LogP contribution in [0.15, 0.2) is 54.1 Å². The van der Waals surface area contributed by atoms with E-state index < -0.39 is 17.7 Å². The molecule has 164 valence electrons. The Balaban J connectivity index is 2.09. The van der Waals surface area contributed by atoms with Gasteiger partial charge in [-0.3, -0.25) is 9.59 Å². The normalized spacial score (nSPS) is 18.4. The number of aliphatic hydroxyl groups excluding tert-OH is 1. The minimum Gasteiger partial charge on any atom is -0.507 e. The monoisotopic (exact) mass is 440 g/mol. The molecule has 0 aliphatic carbocycles. The molecular formula is C25H29ClN2O3. The highest BCUT2D eigenvalue weighted by molar-refractivity contribution is 6.46. The van der Waals surface area contributed by atoms with Crippen LogP contribution in [-0.2, 0) is 9.59 Å². The minimum absolute atomic E-state index is 0.106. The predicted molar refractivity (Wildman–Crippen MR) is 124 cm³/mol. The van der Waals surface area contributed by atoms with Gasteiger partial charge in [0.25, 0.3) is 11.7 Å². The van der Waals surface area contributed by atoms with E-state index in [-0.39, 0.29) is 11.3 Å². The number of ketones is 1.